The Hall–Kier alpha value is -0.830. The number of rotatable bonds is 4. The van der Waals surface area contributed by atoms with E-state index >= 15 is 0 Å². The molecule has 1 aromatic rings. The minimum atomic E-state index is -4.01. The fourth-order valence-corrected chi connectivity index (χ4v) is 3.10. The van der Waals surface area contributed by atoms with Crippen molar-refractivity contribution in [3.05, 3.63) is 29.8 Å². The number of hydrogen-bond donors (Lipinski definition) is 3. The van der Waals surface area contributed by atoms with Crippen molar-refractivity contribution in [3.63, 3.8) is 0 Å². The number of phenols is 1. The van der Waals surface area contributed by atoms with Gasteiger partial charge in [0.1, 0.15) is 5.75 Å². The molecule has 0 fully saturated rings. The second-order valence-electron chi connectivity index (χ2n) is 5.78. The fourth-order valence-electron chi connectivity index (χ4n) is 1.85. The van der Waals surface area contributed by atoms with Crippen LogP contribution in [0.15, 0.2) is 24.3 Å². The smallest absolute Gasteiger partial charge is 0.325 e. The third kappa shape index (κ3) is 5.21. The maximum absolute atomic E-state index is 11.2. The highest BCUT2D eigenvalue weighted by Crippen LogP contribution is 2.43. The minimum Gasteiger partial charge on any atom is -0.508 e. The summed E-state index contributed by atoms with van der Waals surface area (Å²) in [4.78, 5) is 18.3. The van der Waals surface area contributed by atoms with Crippen LogP contribution < -0.4 is 0 Å². The normalized spacial score (nSPS) is 14.5. The Morgan fingerprint density at radius 2 is 1.67 bits per heavy atom. The highest BCUT2D eigenvalue weighted by Gasteiger charge is 2.31. The van der Waals surface area contributed by atoms with E-state index < -0.39 is 7.60 Å². The van der Waals surface area contributed by atoms with Gasteiger partial charge in [0.15, 0.2) is 0 Å². The number of hydrogen-bond acceptors (Lipinski definition) is 2. The number of benzene rings is 1. The molecule has 0 saturated carbocycles. The summed E-state index contributed by atoms with van der Waals surface area (Å²) in [6.07, 6.45) is 0.478. The van der Waals surface area contributed by atoms with Gasteiger partial charge in [0.05, 0.1) is 6.16 Å². The summed E-state index contributed by atoms with van der Waals surface area (Å²) in [5.41, 5.74) is 0.792. The lowest BCUT2D eigenvalue weighted by Gasteiger charge is -2.31. The van der Waals surface area contributed by atoms with Gasteiger partial charge in [0, 0.05) is 0 Å². The lowest BCUT2D eigenvalue weighted by atomic mass is 9.78. The van der Waals surface area contributed by atoms with Crippen LogP contribution in [0.3, 0.4) is 0 Å². The van der Waals surface area contributed by atoms with E-state index in [4.69, 9.17) is 9.79 Å². The van der Waals surface area contributed by atoms with Crippen molar-refractivity contribution < 1.29 is 19.5 Å². The van der Waals surface area contributed by atoms with E-state index in [1.54, 1.807) is 24.3 Å². The first kappa shape index (κ1) is 15.2. The summed E-state index contributed by atoms with van der Waals surface area (Å²) in [6.45, 7) is 5.94. The van der Waals surface area contributed by atoms with Gasteiger partial charge in [0.2, 0.25) is 0 Å². The first-order chi connectivity index (χ1) is 8.08. The molecule has 18 heavy (non-hydrogen) atoms. The van der Waals surface area contributed by atoms with Gasteiger partial charge < -0.3 is 14.9 Å². The van der Waals surface area contributed by atoms with Gasteiger partial charge in [-0.3, -0.25) is 4.57 Å². The summed E-state index contributed by atoms with van der Waals surface area (Å²) >= 11 is 0. The lowest BCUT2D eigenvalue weighted by molar-refractivity contribution is 0.246. The van der Waals surface area contributed by atoms with Gasteiger partial charge in [-0.05, 0) is 35.4 Å². The lowest BCUT2D eigenvalue weighted by Crippen LogP contribution is -2.26. The van der Waals surface area contributed by atoms with Gasteiger partial charge in [-0.25, -0.2) is 0 Å². The maximum atomic E-state index is 11.2. The SMILES string of the molecule is CC(C)(C)C(Cc1ccc(O)cc1)CP(=O)(O)O. The van der Waals surface area contributed by atoms with Crippen LogP contribution >= 0.6 is 7.60 Å². The largest absolute Gasteiger partial charge is 0.508 e. The van der Waals surface area contributed by atoms with Crippen LogP contribution in [0.25, 0.3) is 0 Å². The van der Waals surface area contributed by atoms with Crippen molar-refractivity contribution >= 4 is 7.60 Å². The first-order valence-electron chi connectivity index (χ1n) is 5.90. The topological polar surface area (TPSA) is 77.8 Å². The van der Waals surface area contributed by atoms with Crippen molar-refractivity contribution in [2.45, 2.75) is 27.2 Å². The summed E-state index contributed by atoms with van der Waals surface area (Å²) in [5.74, 6) is 0.0870. The molecule has 0 aliphatic carbocycles. The third-order valence-corrected chi connectivity index (χ3v) is 4.02. The molecule has 1 rings (SSSR count). The van der Waals surface area contributed by atoms with E-state index in [2.05, 4.69) is 0 Å². The van der Waals surface area contributed by atoms with E-state index in [1.165, 1.54) is 0 Å². The van der Waals surface area contributed by atoms with E-state index in [0.717, 1.165) is 5.56 Å². The van der Waals surface area contributed by atoms with Crippen LogP contribution in [0.4, 0.5) is 0 Å². The van der Waals surface area contributed by atoms with Gasteiger partial charge in [-0.15, -0.1) is 0 Å². The average molecular weight is 272 g/mol. The Morgan fingerprint density at radius 1 is 1.17 bits per heavy atom. The average Bonchev–Trinajstić information content (AvgIpc) is 2.17. The predicted molar refractivity (Wildman–Crippen MR) is 71.7 cm³/mol. The summed E-state index contributed by atoms with van der Waals surface area (Å²) < 4.78 is 11.2. The molecule has 0 amide bonds. The first-order valence-corrected chi connectivity index (χ1v) is 7.70. The summed E-state index contributed by atoms with van der Waals surface area (Å²) in [7, 11) is -4.01. The van der Waals surface area contributed by atoms with Gasteiger partial charge in [-0.2, -0.15) is 0 Å². The second-order valence-corrected chi connectivity index (χ2v) is 7.48. The minimum absolute atomic E-state index is 0.108. The molecule has 0 radical (unpaired) electrons. The zero-order chi connectivity index (χ0) is 14.0. The van der Waals surface area contributed by atoms with Crippen molar-refractivity contribution in [1.29, 1.82) is 0 Å². The third-order valence-electron chi connectivity index (χ3n) is 3.10. The molecule has 1 aromatic carbocycles. The van der Waals surface area contributed by atoms with Crippen LogP contribution in [0.2, 0.25) is 0 Å². The van der Waals surface area contributed by atoms with Crippen LogP contribution in [0, 0.1) is 11.3 Å². The maximum Gasteiger partial charge on any atom is 0.325 e. The highest BCUT2D eigenvalue weighted by molar-refractivity contribution is 7.51. The van der Waals surface area contributed by atoms with Crippen LogP contribution in [-0.4, -0.2) is 21.1 Å². The molecule has 0 heterocycles. The number of phenolic OH excluding ortho intramolecular Hbond substituents is 1. The van der Waals surface area contributed by atoms with Crippen LogP contribution in [0.1, 0.15) is 26.3 Å². The molecule has 0 aromatic heterocycles. The molecular weight excluding hydrogens is 251 g/mol. The van der Waals surface area contributed by atoms with E-state index in [-0.39, 0.29) is 23.2 Å². The fraction of sp³-hybridized carbons (Fsp3) is 0.538. The quantitative estimate of drug-likeness (QED) is 0.736. The summed E-state index contributed by atoms with van der Waals surface area (Å²) in [5, 5.41) is 9.21. The van der Waals surface area contributed by atoms with E-state index in [9.17, 15) is 9.67 Å². The molecule has 5 heteroatoms. The zero-order valence-electron chi connectivity index (χ0n) is 11.0. The molecule has 0 bridgehead atoms. The molecule has 4 nitrogen and oxygen atoms in total. The van der Waals surface area contributed by atoms with Crippen molar-refractivity contribution in [2.75, 3.05) is 6.16 Å². The molecule has 1 atom stereocenters. The molecule has 3 N–H and O–H groups in total. The van der Waals surface area contributed by atoms with E-state index in [0.29, 0.717) is 6.42 Å². The molecule has 0 spiro atoms. The molecular formula is C13H21O4P. The van der Waals surface area contributed by atoms with Crippen LogP contribution in [-0.2, 0) is 11.0 Å². The molecule has 1 unspecified atom stereocenters. The van der Waals surface area contributed by atoms with Crippen LogP contribution in [0.5, 0.6) is 5.75 Å². The van der Waals surface area contributed by atoms with Gasteiger partial charge in [-0.1, -0.05) is 32.9 Å². The monoisotopic (exact) mass is 272 g/mol. The Bertz CT molecular complexity index is 427. The van der Waals surface area contributed by atoms with Gasteiger partial charge >= 0.3 is 7.60 Å². The van der Waals surface area contributed by atoms with Crippen molar-refractivity contribution in [1.82, 2.24) is 0 Å². The Balaban J connectivity index is 2.85. The van der Waals surface area contributed by atoms with Crippen molar-refractivity contribution in [3.8, 4) is 5.75 Å². The zero-order valence-corrected chi connectivity index (χ0v) is 11.9. The van der Waals surface area contributed by atoms with Gasteiger partial charge in [0.25, 0.3) is 0 Å². The Kier molecular flexibility index (Phi) is 4.60. The molecule has 0 saturated heterocycles. The predicted octanol–water partition coefficient (Wildman–Crippen LogP) is 2.77. The summed E-state index contributed by atoms with van der Waals surface area (Å²) in [6, 6.07) is 6.75. The molecule has 0 aliphatic rings. The molecule has 102 valence electrons. The second kappa shape index (κ2) is 5.43. The Morgan fingerprint density at radius 3 is 2.06 bits per heavy atom. The number of aromatic hydroxyl groups is 1. The molecule has 0 aliphatic heterocycles. The standard InChI is InChI=1S/C13H21O4P/c1-13(2,3)11(9-18(15,16)17)8-10-4-6-12(14)7-5-10/h4-7,11,14H,8-9H2,1-3H3,(H2,15,16,17). The Labute approximate surface area is 108 Å². The highest BCUT2D eigenvalue weighted by atomic mass is 31.2. The van der Waals surface area contributed by atoms with Crippen molar-refractivity contribution in [2.24, 2.45) is 11.3 Å². The van der Waals surface area contributed by atoms with E-state index in [1.807, 2.05) is 20.8 Å².